The molecule has 0 fully saturated rings. The Kier molecular flexibility index (Phi) is 9.12. The van der Waals surface area contributed by atoms with Gasteiger partial charge in [0.05, 0.1) is 13.2 Å². The molecule has 0 aromatic carbocycles. The standard InChI is InChI=1S/C13H28O2/c1-5-7-9-13(11-14-3,12-15-4)10-8-6-2/h5-12H2,1-4H3. The number of hydrogen-bond donors (Lipinski definition) is 0. The summed E-state index contributed by atoms with van der Waals surface area (Å²) in [6.07, 6.45) is 7.51. The van der Waals surface area contributed by atoms with Crippen LogP contribution in [0, 0.1) is 5.41 Å². The van der Waals surface area contributed by atoms with Crippen molar-refractivity contribution in [1.82, 2.24) is 0 Å². The molecule has 0 radical (unpaired) electrons. The van der Waals surface area contributed by atoms with E-state index in [-0.39, 0.29) is 5.41 Å². The number of ether oxygens (including phenoxy) is 2. The van der Waals surface area contributed by atoms with Crippen LogP contribution in [0.25, 0.3) is 0 Å². The molecule has 0 bridgehead atoms. The van der Waals surface area contributed by atoms with Crippen LogP contribution in [0.15, 0.2) is 0 Å². The number of unbranched alkanes of at least 4 members (excludes halogenated alkanes) is 2. The van der Waals surface area contributed by atoms with Crippen molar-refractivity contribution >= 4 is 0 Å². The first kappa shape index (κ1) is 14.9. The zero-order chi connectivity index (χ0) is 11.6. The molecule has 0 aromatic rings. The molecule has 0 amide bonds. The molecule has 2 heteroatoms. The van der Waals surface area contributed by atoms with Crippen LogP contribution in [0.1, 0.15) is 52.4 Å². The van der Waals surface area contributed by atoms with E-state index in [2.05, 4.69) is 13.8 Å². The monoisotopic (exact) mass is 216 g/mol. The van der Waals surface area contributed by atoms with E-state index in [1.807, 2.05) is 0 Å². The van der Waals surface area contributed by atoms with Crippen molar-refractivity contribution in [2.75, 3.05) is 27.4 Å². The maximum Gasteiger partial charge on any atom is 0.0540 e. The molecule has 0 unspecified atom stereocenters. The Morgan fingerprint density at radius 2 is 1.20 bits per heavy atom. The van der Waals surface area contributed by atoms with Crippen molar-refractivity contribution in [2.45, 2.75) is 52.4 Å². The maximum absolute atomic E-state index is 5.37. The highest BCUT2D eigenvalue weighted by molar-refractivity contribution is 4.78. The average Bonchev–Trinajstić information content (AvgIpc) is 2.24. The highest BCUT2D eigenvalue weighted by Crippen LogP contribution is 2.31. The molecule has 15 heavy (non-hydrogen) atoms. The summed E-state index contributed by atoms with van der Waals surface area (Å²) in [7, 11) is 3.59. The zero-order valence-corrected chi connectivity index (χ0v) is 11.0. The summed E-state index contributed by atoms with van der Waals surface area (Å²) >= 11 is 0. The predicted octanol–water partition coefficient (Wildman–Crippen LogP) is 3.65. The van der Waals surface area contributed by atoms with Crippen LogP contribution in [0.3, 0.4) is 0 Å². The Labute approximate surface area is 95.3 Å². The van der Waals surface area contributed by atoms with Crippen molar-refractivity contribution in [3.63, 3.8) is 0 Å². The van der Waals surface area contributed by atoms with Gasteiger partial charge in [-0.2, -0.15) is 0 Å². The SMILES string of the molecule is CCCCC(CCCC)(COC)COC. The molecule has 0 aromatic heterocycles. The minimum Gasteiger partial charge on any atom is -0.384 e. The minimum absolute atomic E-state index is 0.259. The summed E-state index contributed by atoms with van der Waals surface area (Å²) in [5.41, 5.74) is 0.259. The fraction of sp³-hybridized carbons (Fsp3) is 1.00. The van der Waals surface area contributed by atoms with Gasteiger partial charge in [0.25, 0.3) is 0 Å². The molecule has 0 spiro atoms. The number of methoxy groups -OCH3 is 2. The van der Waals surface area contributed by atoms with Gasteiger partial charge in [-0.3, -0.25) is 0 Å². The van der Waals surface area contributed by atoms with Crippen LogP contribution in [0.5, 0.6) is 0 Å². The first-order valence-electron chi connectivity index (χ1n) is 6.22. The Balaban J connectivity index is 4.26. The Morgan fingerprint density at radius 3 is 1.47 bits per heavy atom. The average molecular weight is 216 g/mol. The van der Waals surface area contributed by atoms with Gasteiger partial charge in [0.15, 0.2) is 0 Å². The largest absolute Gasteiger partial charge is 0.384 e. The lowest BCUT2D eigenvalue weighted by Gasteiger charge is -2.32. The topological polar surface area (TPSA) is 18.5 Å². The van der Waals surface area contributed by atoms with Crippen molar-refractivity contribution in [3.8, 4) is 0 Å². The molecule has 0 rings (SSSR count). The summed E-state index contributed by atoms with van der Waals surface area (Å²) in [5.74, 6) is 0. The molecule has 2 nitrogen and oxygen atoms in total. The van der Waals surface area contributed by atoms with E-state index in [1.165, 1.54) is 38.5 Å². The van der Waals surface area contributed by atoms with Crippen molar-refractivity contribution in [1.29, 1.82) is 0 Å². The zero-order valence-electron chi connectivity index (χ0n) is 11.0. The van der Waals surface area contributed by atoms with Crippen molar-refractivity contribution in [3.05, 3.63) is 0 Å². The van der Waals surface area contributed by atoms with Gasteiger partial charge in [0.1, 0.15) is 0 Å². The summed E-state index contributed by atoms with van der Waals surface area (Å²) in [5, 5.41) is 0. The first-order valence-corrected chi connectivity index (χ1v) is 6.22. The van der Waals surface area contributed by atoms with Crippen LogP contribution in [0.4, 0.5) is 0 Å². The van der Waals surface area contributed by atoms with Gasteiger partial charge in [-0.05, 0) is 12.8 Å². The van der Waals surface area contributed by atoms with Gasteiger partial charge in [0, 0.05) is 19.6 Å². The van der Waals surface area contributed by atoms with Crippen molar-refractivity contribution in [2.24, 2.45) is 5.41 Å². The fourth-order valence-corrected chi connectivity index (χ4v) is 2.17. The quantitative estimate of drug-likeness (QED) is 0.555. The van der Waals surface area contributed by atoms with Gasteiger partial charge in [0.2, 0.25) is 0 Å². The van der Waals surface area contributed by atoms with E-state index in [4.69, 9.17) is 9.47 Å². The number of rotatable bonds is 10. The molecule has 0 heterocycles. The van der Waals surface area contributed by atoms with E-state index >= 15 is 0 Å². The lowest BCUT2D eigenvalue weighted by atomic mass is 9.79. The Bertz CT molecular complexity index is 118. The highest BCUT2D eigenvalue weighted by Gasteiger charge is 2.28. The van der Waals surface area contributed by atoms with Gasteiger partial charge < -0.3 is 9.47 Å². The van der Waals surface area contributed by atoms with Crippen molar-refractivity contribution < 1.29 is 9.47 Å². The van der Waals surface area contributed by atoms with E-state index < -0.39 is 0 Å². The molecule has 0 saturated heterocycles. The normalized spacial score (nSPS) is 12.0. The van der Waals surface area contributed by atoms with Gasteiger partial charge >= 0.3 is 0 Å². The summed E-state index contributed by atoms with van der Waals surface area (Å²) < 4.78 is 10.7. The molecule has 0 aliphatic carbocycles. The Hall–Kier alpha value is -0.0800. The van der Waals surface area contributed by atoms with E-state index in [1.54, 1.807) is 14.2 Å². The highest BCUT2D eigenvalue weighted by atomic mass is 16.5. The van der Waals surface area contributed by atoms with E-state index in [0.717, 1.165) is 13.2 Å². The fourth-order valence-electron chi connectivity index (χ4n) is 2.17. The second kappa shape index (κ2) is 9.17. The molecule has 0 N–H and O–H groups in total. The molecular weight excluding hydrogens is 188 g/mol. The van der Waals surface area contributed by atoms with E-state index in [0.29, 0.717) is 0 Å². The van der Waals surface area contributed by atoms with Crippen LogP contribution in [0.2, 0.25) is 0 Å². The third-order valence-electron chi connectivity index (χ3n) is 3.02. The summed E-state index contributed by atoms with van der Waals surface area (Å²) in [4.78, 5) is 0. The Morgan fingerprint density at radius 1 is 0.800 bits per heavy atom. The maximum atomic E-state index is 5.37. The predicted molar refractivity (Wildman–Crippen MR) is 65.2 cm³/mol. The molecule has 0 saturated carbocycles. The molecule has 0 aliphatic heterocycles. The van der Waals surface area contributed by atoms with Crippen LogP contribution in [-0.2, 0) is 9.47 Å². The van der Waals surface area contributed by atoms with Gasteiger partial charge in [-0.1, -0.05) is 39.5 Å². The number of hydrogen-bond acceptors (Lipinski definition) is 2. The summed E-state index contributed by atoms with van der Waals surface area (Å²) in [6.45, 7) is 6.15. The van der Waals surface area contributed by atoms with Gasteiger partial charge in [-0.15, -0.1) is 0 Å². The third kappa shape index (κ3) is 6.16. The molecule has 0 aliphatic rings. The van der Waals surface area contributed by atoms with E-state index in [9.17, 15) is 0 Å². The second-order valence-electron chi connectivity index (χ2n) is 4.57. The summed E-state index contributed by atoms with van der Waals surface area (Å²) in [6, 6.07) is 0. The van der Waals surface area contributed by atoms with Crippen LogP contribution >= 0.6 is 0 Å². The molecule has 92 valence electrons. The minimum atomic E-state index is 0.259. The molecular formula is C13H28O2. The second-order valence-corrected chi connectivity index (χ2v) is 4.57. The lowest BCUT2D eigenvalue weighted by molar-refractivity contribution is -0.00395. The third-order valence-corrected chi connectivity index (χ3v) is 3.02. The van der Waals surface area contributed by atoms with Gasteiger partial charge in [-0.25, -0.2) is 0 Å². The van der Waals surface area contributed by atoms with Crippen LogP contribution in [-0.4, -0.2) is 27.4 Å². The molecule has 0 atom stereocenters. The smallest absolute Gasteiger partial charge is 0.0540 e. The first-order chi connectivity index (χ1) is 7.24. The lowest BCUT2D eigenvalue weighted by Crippen LogP contribution is -2.31. The van der Waals surface area contributed by atoms with Crippen LogP contribution < -0.4 is 0 Å².